The summed E-state index contributed by atoms with van der Waals surface area (Å²) in [6.45, 7) is 1.95. The SMILES string of the molecule is Cc1ccc(C(=O)NC2CC2)cc1-c1ccc(C#N)c(Cl)n1. The molecule has 1 saturated carbocycles. The van der Waals surface area contributed by atoms with Gasteiger partial charge in [0, 0.05) is 17.2 Å². The fourth-order valence-corrected chi connectivity index (χ4v) is 2.40. The Kier molecular flexibility index (Phi) is 3.82. The minimum atomic E-state index is -0.0662. The summed E-state index contributed by atoms with van der Waals surface area (Å²) in [7, 11) is 0. The Bertz CT molecular complexity index is 791. The van der Waals surface area contributed by atoms with Gasteiger partial charge >= 0.3 is 0 Å². The average molecular weight is 312 g/mol. The van der Waals surface area contributed by atoms with Gasteiger partial charge in [0.1, 0.15) is 11.2 Å². The van der Waals surface area contributed by atoms with Crippen LogP contribution in [0.2, 0.25) is 5.15 Å². The molecule has 0 aliphatic heterocycles. The standard InChI is InChI=1S/C17H14ClN3O/c1-10-2-3-11(17(22)20-13-5-6-13)8-14(10)15-7-4-12(9-19)16(18)21-15/h2-4,7-8,13H,5-6H2,1H3,(H,20,22). The van der Waals surface area contributed by atoms with Crippen LogP contribution >= 0.6 is 11.6 Å². The van der Waals surface area contributed by atoms with Gasteiger partial charge < -0.3 is 5.32 Å². The summed E-state index contributed by atoms with van der Waals surface area (Å²) in [6, 6.07) is 11.2. The number of aromatic nitrogens is 1. The molecule has 0 atom stereocenters. The zero-order valence-corrected chi connectivity index (χ0v) is 12.8. The molecule has 1 aromatic heterocycles. The Morgan fingerprint density at radius 2 is 2.14 bits per heavy atom. The first-order valence-corrected chi connectivity index (χ1v) is 7.45. The highest BCUT2D eigenvalue weighted by Gasteiger charge is 2.24. The van der Waals surface area contributed by atoms with E-state index in [0.29, 0.717) is 22.9 Å². The zero-order chi connectivity index (χ0) is 15.7. The predicted molar refractivity (Wildman–Crippen MR) is 84.6 cm³/mol. The first kappa shape index (κ1) is 14.6. The molecule has 1 amide bonds. The van der Waals surface area contributed by atoms with E-state index in [1.165, 1.54) is 0 Å². The zero-order valence-electron chi connectivity index (χ0n) is 12.1. The van der Waals surface area contributed by atoms with E-state index in [2.05, 4.69) is 10.3 Å². The number of hydrogen-bond acceptors (Lipinski definition) is 3. The molecule has 1 aliphatic rings. The largest absolute Gasteiger partial charge is 0.349 e. The van der Waals surface area contributed by atoms with Crippen LogP contribution in [-0.2, 0) is 0 Å². The number of halogens is 1. The number of amides is 1. The third kappa shape index (κ3) is 2.95. The van der Waals surface area contributed by atoms with Gasteiger partial charge in [-0.15, -0.1) is 0 Å². The summed E-state index contributed by atoms with van der Waals surface area (Å²) in [4.78, 5) is 16.4. The van der Waals surface area contributed by atoms with Gasteiger partial charge in [-0.3, -0.25) is 4.79 Å². The molecule has 1 fully saturated rings. The van der Waals surface area contributed by atoms with Crippen molar-refractivity contribution in [3.05, 3.63) is 52.2 Å². The van der Waals surface area contributed by atoms with Crippen molar-refractivity contribution < 1.29 is 4.79 Å². The molecule has 3 rings (SSSR count). The summed E-state index contributed by atoms with van der Waals surface area (Å²) in [5, 5.41) is 12.1. The Balaban J connectivity index is 1.97. The normalized spacial score (nSPS) is 13.5. The van der Waals surface area contributed by atoms with Crippen molar-refractivity contribution in [2.24, 2.45) is 0 Å². The number of rotatable bonds is 3. The van der Waals surface area contributed by atoms with Crippen molar-refractivity contribution in [1.82, 2.24) is 10.3 Å². The Morgan fingerprint density at radius 3 is 2.77 bits per heavy atom. The molecule has 0 radical (unpaired) electrons. The van der Waals surface area contributed by atoms with Crippen molar-refractivity contribution >= 4 is 17.5 Å². The van der Waals surface area contributed by atoms with E-state index in [-0.39, 0.29) is 11.1 Å². The minimum Gasteiger partial charge on any atom is -0.349 e. The molecule has 1 aromatic carbocycles. The highest BCUT2D eigenvalue weighted by molar-refractivity contribution is 6.30. The van der Waals surface area contributed by atoms with Gasteiger partial charge in [0.05, 0.1) is 11.3 Å². The molecule has 2 aromatic rings. The molecule has 22 heavy (non-hydrogen) atoms. The van der Waals surface area contributed by atoms with Crippen LogP contribution in [0.1, 0.15) is 34.3 Å². The number of aryl methyl sites for hydroxylation is 1. The number of carbonyl (C=O) groups excluding carboxylic acids is 1. The molecule has 5 heteroatoms. The third-order valence-corrected chi connectivity index (χ3v) is 3.95. The van der Waals surface area contributed by atoms with Crippen LogP contribution in [0.5, 0.6) is 0 Å². The van der Waals surface area contributed by atoms with Gasteiger partial charge in [0.15, 0.2) is 0 Å². The van der Waals surface area contributed by atoms with Crippen LogP contribution in [0.25, 0.3) is 11.3 Å². The number of pyridine rings is 1. The summed E-state index contributed by atoms with van der Waals surface area (Å²) in [5.41, 5.74) is 3.44. The lowest BCUT2D eigenvalue weighted by Crippen LogP contribution is -2.25. The lowest BCUT2D eigenvalue weighted by Gasteiger charge is -2.09. The van der Waals surface area contributed by atoms with Gasteiger partial charge in [-0.2, -0.15) is 5.26 Å². The lowest BCUT2D eigenvalue weighted by molar-refractivity contribution is 0.0951. The Hall–Kier alpha value is -2.38. The molecule has 0 bridgehead atoms. The van der Waals surface area contributed by atoms with Gasteiger partial charge in [-0.1, -0.05) is 17.7 Å². The summed E-state index contributed by atoms with van der Waals surface area (Å²) < 4.78 is 0. The second-order valence-corrected chi connectivity index (χ2v) is 5.78. The number of nitrogens with zero attached hydrogens (tertiary/aromatic N) is 2. The van der Waals surface area contributed by atoms with Gasteiger partial charge in [0.25, 0.3) is 5.91 Å². The lowest BCUT2D eigenvalue weighted by atomic mass is 10.0. The molecule has 0 spiro atoms. The molecule has 4 nitrogen and oxygen atoms in total. The first-order chi connectivity index (χ1) is 10.6. The van der Waals surface area contributed by atoms with Gasteiger partial charge in [-0.25, -0.2) is 4.98 Å². The smallest absolute Gasteiger partial charge is 0.251 e. The molecule has 1 N–H and O–H groups in total. The van der Waals surface area contributed by atoms with Crippen molar-refractivity contribution in [1.29, 1.82) is 5.26 Å². The van der Waals surface area contributed by atoms with E-state index >= 15 is 0 Å². The molecule has 1 aliphatic carbocycles. The molecular formula is C17H14ClN3O. The number of nitriles is 1. The average Bonchev–Trinajstić information content (AvgIpc) is 3.31. The van der Waals surface area contributed by atoms with Crippen LogP contribution in [0.4, 0.5) is 0 Å². The topological polar surface area (TPSA) is 65.8 Å². The van der Waals surface area contributed by atoms with Crippen molar-refractivity contribution in [3.63, 3.8) is 0 Å². The molecule has 0 saturated heterocycles. The van der Waals surface area contributed by atoms with E-state index in [0.717, 1.165) is 24.0 Å². The van der Waals surface area contributed by atoms with E-state index in [1.807, 2.05) is 31.2 Å². The summed E-state index contributed by atoms with van der Waals surface area (Å²) in [6.07, 6.45) is 2.11. The van der Waals surface area contributed by atoms with Crippen LogP contribution < -0.4 is 5.32 Å². The first-order valence-electron chi connectivity index (χ1n) is 7.07. The second-order valence-electron chi connectivity index (χ2n) is 5.42. The maximum absolute atomic E-state index is 12.2. The molecule has 0 unspecified atom stereocenters. The molecule has 110 valence electrons. The van der Waals surface area contributed by atoms with E-state index < -0.39 is 0 Å². The molecular weight excluding hydrogens is 298 g/mol. The number of carbonyl (C=O) groups is 1. The van der Waals surface area contributed by atoms with Crippen LogP contribution in [-0.4, -0.2) is 16.9 Å². The van der Waals surface area contributed by atoms with E-state index in [4.69, 9.17) is 16.9 Å². The Morgan fingerprint density at radius 1 is 1.36 bits per heavy atom. The monoisotopic (exact) mass is 311 g/mol. The van der Waals surface area contributed by atoms with Gasteiger partial charge in [-0.05, 0) is 49.6 Å². The van der Waals surface area contributed by atoms with Crippen LogP contribution in [0.15, 0.2) is 30.3 Å². The maximum atomic E-state index is 12.2. The maximum Gasteiger partial charge on any atom is 0.251 e. The van der Waals surface area contributed by atoms with Crippen molar-refractivity contribution in [3.8, 4) is 17.3 Å². The summed E-state index contributed by atoms with van der Waals surface area (Å²) in [5.74, 6) is -0.0662. The van der Waals surface area contributed by atoms with Crippen molar-refractivity contribution in [2.45, 2.75) is 25.8 Å². The van der Waals surface area contributed by atoms with Gasteiger partial charge in [0.2, 0.25) is 0 Å². The van der Waals surface area contributed by atoms with E-state index in [1.54, 1.807) is 12.1 Å². The fourth-order valence-electron chi connectivity index (χ4n) is 2.20. The highest BCUT2D eigenvalue weighted by Crippen LogP contribution is 2.26. The van der Waals surface area contributed by atoms with Crippen LogP contribution in [0, 0.1) is 18.3 Å². The number of hydrogen-bond donors (Lipinski definition) is 1. The highest BCUT2D eigenvalue weighted by atomic mass is 35.5. The molecule has 1 heterocycles. The number of nitrogens with one attached hydrogen (secondary N) is 1. The quantitative estimate of drug-likeness (QED) is 0.883. The fraction of sp³-hybridized carbons (Fsp3) is 0.235. The third-order valence-electron chi connectivity index (χ3n) is 3.66. The predicted octanol–water partition coefficient (Wildman–Crippen LogP) is 3.47. The Labute approximate surface area is 133 Å². The minimum absolute atomic E-state index is 0.0662. The van der Waals surface area contributed by atoms with Crippen LogP contribution in [0.3, 0.4) is 0 Å². The van der Waals surface area contributed by atoms with E-state index in [9.17, 15) is 4.79 Å². The summed E-state index contributed by atoms with van der Waals surface area (Å²) >= 11 is 6.00. The number of benzene rings is 1. The second kappa shape index (κ2) is 5.78. The van der Waals surface area contributed by atoms with Crippen molar-refractivity contribution in [2.75, 3.05) is 0 Å².